The lowest BCUT2D eigenvalue weighted by Crippen LogP contribution is -2.36. The van der Waals surface area contributed by atoms with Crippen LogP contribution < -0.4 is 0 Å². The van der Waals surface area contributed by atoms with E-state index in [1.54, 1.807) is 11.9 Å². The van der Waals surface area contributed by atoms with Crippen LogP contribution in [0.4, 0.5) is 5.69 Å². The maximum atomic E-state index is 12.3. The highest BCUT2D eigenvalue weighted by atomic mass is 35.5. The van der Waals surface area contributed by atoms with Gasteiger partial charge in [0.15, 0.2) is 0 Å². The van der Waals surface area contributed by atoms with Gasteiger partial charge in [-0.3, -0.25) is 14.9 Å². The molecule has 1 saturated carbocycles. The molecule has 5 nitrogen and oxygen atoms in total. The Balaban J connectivity index is 2.26. The van der Waals surface area contributed by atoms with Crippen molar-refractivity contribution in [3.63, 3.8) is 0 Å². The molecule has 0 N–H and O–H groups in total. The maximum absolute atomic E-state index is 12.3. The Morgan fingerprint density at radius 3 is 2.68 bits per heavy atom. The van der Waals surface area contributed by atoms with Crippen molar-refractivity contribution in [1.29, 1.82) is 0 Å². The quantitative estimate of drug-likeness (QED) is 0.629. The average molecular weight is 283 g/mol. The molecule has 1 aliphatic carbocycles. The van der Waals surface area contributed by atoms with Gasteiger partial charge in [0, 0.05) is 25.2 Å². The molecule has 1 atom stereocenters. The third-order valence-corrected chi connectivity index (χ3v) is 3.96. The normalized spacial score (nSPS) is 15.9. The number of amides is 1. The second kappa shape index (κ2) is 5.17. The number of nitro groups is 1. The minimum absolute atomic E-state index is 0.125. The molecule has 0 aliphatic heterocycles. The second-order valence-corrected chi connectivity index (χ2v) is 5.32. The lowest BCUT2D eigenvalue weighted by Gasteiger charge is -2.25. The van der Waals surface area contributed by atoms with E-state index in [-0.39, 0.29) is 28.2 Å². The predicted octanol–water partition coefficient (Wildman–Crippen LogP) is 3.12. The molecule has 1 aromatic carbocycles. The van der Waals surface area contributed by atoms with Crippen molar-refractivity contribution in [3.05, 3.63) is 38.9 Å². The van der Waals surface area contributed by atoms with Crippen LogP contribution in [0.2, 0.25) is 5.02 Å². The molecule has 1 aliphatic rings. The van der Waals surface area contributed by atoms with Gasteiger partial charge in [0.25, 0.3) is 11.6 Å². The fourth-order valence-corrected chi connectivity index (χ4v) is 2.26. The Hall–Kier alpha value is -1.62. The van der Waals surface area contributed by atoms with Gasteiger partial charge in [-0.15, -0.1) is 0 Å². The molecular formula is C13H15ClN2O3. The minimum Gasteiger partial charge on any atom is -0.339 e. The zero-order valence-corrected chi connectivity index (χ0v) is 11.6. The molecule has 102 valence electrons. The van der Waals surface area contributed by atoms with Crippen molar-refractivity contribution in [2.24, 2.45) is 5.92 Å². The number of non-ortho nitro benzene ring substituents is 1. The van der Waals surface area contributed by atoms with Crippen LogP contribution in [0, 0.1) is 16.0 Å². The third-order valence-electron chi connectivity index (χ3n) is 3.63. The average Bonchev–Trinajstić information content (AvgIpc) is 3.20. The summed E-state index contributed by atoms with van der Waals surface area (Å²) in [5, 5.41) is 11.0. The first-order valence-electron chi connectivity index (χ1n) is 6.13. The van der Waals surface area contributed by atoms with Crippen LogP contribution in [-0.2, 0) is 0 Å². The van der Waals surface area contributed by atoms with Gasteiger partial charge < -0.3 is 4.90 Å². The summed E-state index contributed by atoms with van der Waals surface area (Å²) in [6, 6.07) is 4.05. The molecule has 0 aromatic heterocycles. The number of carbonyl (C=O) groups is 1. The zero-order valence-electron chi connectivity index (χ0n) is 10.8. The van der Waals surface area contributed by atoms with Crippen LogP contribution in [0.1, 0.15) is 30.1 Å². The van der Waals surface area contributed by atoms with Crippen molar-refractivity contribution < 1.29 is 9.72 Å². The van der Waals surface area contributed by atoms with E-state index in [9.17, 15) is 14.9 Å². The van der Waals surface area contributed by atoms with Crippen LogP contribution in [0.15, 0.2) is 18.2 Å². The van der Waals surface area contributed by atoms with Crippen LogP contribution in [0.3, 0.4) is 0 Å². The highest BCUT2D eigenvalue weighted by Crippen LogP contribution is 2.35. The molecule has 6 heteroatoms. The molecule has 0 spiro atoms. The number of hydrogen-bond acceptors (Lipinski definition) is 3. The van der Waals surface area contributed by atoms with E-state index in [2.05, 4.69) is 0 Å². The maximum Gasteiger partial charge on any atom is 0.270 e. The summed E-state index contributed by atoms with van der Waals surface area (Å²) >= 11 is 5.97. The lowest BCUT2D eigenvalue weighted by atomic mass is 10.1. The topological polar surface area (TPSA) is 63.5 Å². The molecule has 1 amide bonds. The van der Waals surface area contributed by atoms with E-state index in [1.165, 1.54) is 18.2 Å². The molecule has 2 rings (SSSR count). The van der Waals surface area contributed by atoms with E-state index in [0.29, 0.717) is 5.92 Å². The van der Waals surface area contributed by atoms with Gasteiger partial charge in [0.1, 0.15) is 0 Å². The summed E-state index contributed by atoms with van der Waals surface area (Å²) in [6.45, 7) is 1.99. The highest BCUT2D eigenvalue weighted by Gasteiger charge is 2.33. The Morgan fingerprint density at radius 1 is 1.53 bits per heavy atom. The summed E-state index contributed by atoms with van der Waals surface area (Å²) in [4.78, 5) is 24.2. The van der Waals surface area contributed by atoms with Gasteiger partial charge in [0.05, 0.1) is 15.5 Å². The van der Waals surface area contributed by atoms with Crippen molar-refractivity contribution in [2.75, 3.05) is 7.05 Å². The largest absolute Gasteiger partial charge is 0.339 e. The summed E-state index contributed by atoms with van der Waals surface area (Å²) in [5.74, 6) is 0.263. The first-order chi connectivity index (χ1) is 8.91. The van der Waals surface area contributed by atoms with E-state index < -0.39 is 4.92 Å². The molecule has 0 heterocycles. The molecule has 0 radical (unpaired) electrons. The zero-order chi connectivity index (χ0) is 14.2. The summed E-state index contributed by atoms with van der Waals surface area (Å²) in [6.07, 6.45) is 2.25. The van der Waals surface area contributed by atoms with Crippen LogP contribution in [0.5, 0.6) is 0 Å². The number of carbonyl (C=O) groups excluding carboxylic acids is 1. The van der Waals surface area contributed by atoms with E-state index in [4.69, 9.17) is 11.6 Å². The Kier molecular flexibility index (Phi) is 3.75. The number of nitrogens with zero attached hydrogens (tertiary/aromatic N) is 2. The molecule has 1 unspecified atom stereocenters. The predicted molar refractivity (Wildman–Crippen MR) is 72.4 cm³/mol. The fourth-order valence-electron chi connectivity index (χ4n) is 2.06. The Bertz CT molecular complexity index is 529. The highest BCUT2D eigenvalue weighted by molar-refractivity contribution is 6.33. The SMILES string of the molecule is CC(C1CC1)N(C)C(=O)c1cc([N+](=O)[O-])ccc1Cl. The van der Waals surface area contributed by atoms with Gasteiger partial charge in [-0.2, -0.15) is 0 Å². The molecule has 1 fully saturated rings. The van der Waals surface area contributed by atoms with Crippen molar-refractivity contribution >= 4 is 23.2 Å². The van der Waals surface area contributed by atoms with E-state index >= 15 is 0 Å². The Labute approximate surface area is 116 Å². The number of benzene rings is 1. The Morgan fingerprint density at radius 2 is 2.16 bits per heavy atom. The summed E-state index contributed by atoms with van der Waals surface area (Å²) in [5.41, 5.74) is 0.0612. The molecule has 19 heavy (non-hydrogen) atoms. The third kappa shape index (κ3) is 2.87. The van der Waals surface area contributed by atoms with Gasteiger partial charge in [-0.1, -0.05) is 11.6 Å². The van der Waals surface area contributed by atoms with E-state index in [1.807, 2.05) is 6.92 Å². The summed E-state index contributed by atoms with van der Waals surface area (Å²) in [7, 11) is 1.71. The second-order valence-electron chi connectivity index (χ2n) is 4.92. The first kappa shape index (κ1) is 13.8. The van der Waals surface area contributed by atoms with Crippen LogP contribution in [0.25, 0.3) is 0 Å². The molecule has 0 bridgehead atoms. The molecule has 1 aromatic rings. The first-order valence-corrected chi connectivity index (χ1v) is 6.50. The minimum atomic E-state index is -0.530. The van der Waals surface area contributed by atoms with Gasteiger partial charge in [0.2, 0.25) is 0 Å². The van der Waals surface area contributed by atoms with Gasteiger partial charge in [-0.25, -0.2) is 0 Å². The number of nitro benzene ring substituents is 1. The lowest BCUT2D eigenvalue weighted by molar-refractivity contribution is -0.384. The smallest absolute Gasteiger partial charge is 0.270 e. The molecule has 0 saturated heterocycles. The van der Waals surface area contributed by atoms with Gasteiger partial charge >= 0.3 is 0 Å². The standard InChI is InChI=1S/C13H15ClN2O3/c1-8(9-3-4-9)15(2)13(17)11-7-10(16(18)19)5-6-12(11)14/h5-9H,3-4H2,1-2H3. The van der Waals surface area contributed by atoms with Crippen molar-refractivity contribution in [2.45, 2.75) is 25.8 Å². The summed E-state index contributed by atoms with van der Waals surface area (Å²) < 4.78 is 0. The van der Waals surface area contributed by atoms with Crippen molar-refractivity contribution in [3.8, 4) is 0 Å². The number of halogens is 1. The van der Waals surface area contributed by atoms with E-state index in [0.717, 1.165) is 12.8 Å². The monoisotopic (exact) mass is 282 g/mol. The number of hydrogen-bond donors (Lipinski definition) is 0. The van der Waals surface area contributed by atoms with Crippen LogP contribution >= 0.6 is 11.6 Å². The van der Waals surface area contributed by atoms with Crippen molar-refractivity contribution in [1.82, 2.24) is 4.90 Å². The van der Waals surface area contributed by atoms with Gasteiger partial charge in [-0.05, 0) is 31.7 Å². The fraction of sp³-hybridized carbons (Fsp3) is 0.462. The number of rotatable bonds is 4. The van der Waals surface area contributed by atoms with Crippen LogP contribution in [-0.4, -0.2) is 28.8 Å². The molecular weight excluding hydrogens is 268 g/mol.